The number of fused-ring (bicyclic) bond motifs is 1. The van der Waals surface area contributed by atoms with E-state index in [2.05, 4.69) is 10.3 Å². The summed E-state index contributed by atoms with van der Waals surface area (Å²) in [5.74, 6) is -0.232. The summed E-state index contributed by atoms with van der Waals surface area (Å²) in [5.41, 5.74) is 1.69. The summed E-state index contributed by atoms with van der Waals surface area (Å²) in [6.07, 6.45) is 5.64. The maximum Gasteiger partial charge on any atom is 0.328 e. The van der Waals surface area contributed by atoms with Crippen LogP contribution in [0.25, 0.3) is 10.9 Å². The number of nitrogens with one attached hydrogen (secondary N) is 1. The highest BCUT2D eigenvalue weighted by Crippen LogP contribution is 2.27. The zero-order chi connectivity index (χ0) is 12.7. The molecule has 0 unspecified atom stereocenters. The number of carbonyl (C=O) groups excluding carboxylic acids is 2. The van der Waals surface area contributed by atoms with Crippen molar-refractivity contribution >= 4 is 28.5 Å². The number of pyridine rings is 1. The fourth-order valence-corrected chi connectivity index (χ4v) is 2.18. The van der Waals surface area contributed by atoms with Crippen molar-refractivity contribution < 1.29 is 9.59 Å². The van der Waals surface area contributed by atoms with E-state index in [1.54, 1.807) is 17.3 Å². The number of rotatable bonds is 1. The number of hydrogen-bond acceptors (Lipinski definition) is 3. The van der Waals surface area contributed by atoms with Crippen LogP contribution in [0.5, 0.6) is 0 Å². The van der Waals surface area contributed by atoms with Gasteiger partial charge >= 0.3 is 6.03 Å². The van der Waals surface area contributed by atoms with Crippen molar-refractivity contribution in [3.8, 4) is 0 Å². The van der Waals surface area contributed by atoms with Crippen molar-refractivity contribution in [3.63, 3.8) is 0 Å². The van der Waals surface area contributed by atoms with Crippen molar-refractivity contribution in [2.45, 2.75) is 6.42 Å². The number of hydrogen-bond donors (Lipinski definition) is 1. The summed E-state index contributed by atoms with van der Waals surface area (Å²) in [6, 6.07) is 1.56. The summed E-state index contributed by atoms with van der Waals surface area (Å²) in [7, 11) is 1.92. The SMILES string of the molecule is Cn1ccc2c(N3CCC(=O)NC3=O)cncc21. The highest BCUT2D eigenvalue weighted by atomic mass is 16.2. The highest BCUT2D eigenvalue weighted by molar-refractivity contribution is 6.09. The third-order valence-electron chi connectivity index (χ3n) is 3.14. The lowest BCUT2D eigenvalue weighted by Gasteiger charge is -2.26. The molecule has 0 aliphatic carbocycles. The Balaban J connectivity index is 2.09. The van der Waals surface area contributed by atoms with E-state index in [1.165, 1.54) is 0 Å². The molecule has 0 spiro atoms. The van der Waals surface area contributed by atoms with E-state index in [4.69, 9.17) is 0 Å². The van der Waals surface area contributed by atoms with E-state index in [9.17, 15) is 9.59 Å². The lowest BCUT2D eigenvalue weighted by molar-refractivity contribution is -0.120. The Labute approximate surface area is 103 Å². The van der Waals surface area contributed by atoms with Crippen molar-refractivity contribution in [1.82, 2.24) is 14.9 Å². The van der Waals surface area contributed by atoms with Crippen LogP contribution in [-0.2, 0) is 11.8 Å². The predicted octanol–water partition coefficient (Wildman–Crippen LogP) is 1.02. The predicted molar refractivity (Wildman–Crippen MR) is 66.2 cm³/mol. The topological polar surface area (TPSA) is 67.2 Å². The monoisotopic (exact) mass is 244 g/mol. The Morgan fingerprint density at radius 2 is 2.17 bits per heavy atom. The third kappa shape index (κ3) is 1.54. The van der Waals surface area contributed by atoms with E-state index in [1.807, 2.05) is 23.9 Å². The van der Waals surface area contributed by atoms with Gasteiger partial charge in [-0.2, -0.15) is 0 Å². The maximum absolute atomic E-state index is 11.8. The van der Waals surface area contributed by atoms with Crippen LogP contribution in [0.4, 0.5) is 10.5 Å². The molecular formula is C12H12N4O2. The molecule has 3 heterocycles. The van der Waals surface area contributed by atoms with Gasteiger partial charge in [0.1, 0.15) is 0 Å². The average molecular weight is 244 g/mol. The number of imide groups is 1. The molecule has 2 aromatic rings. The summed E-state index contributed by atoms with van der Waals surface area (Å²) in [6.45, 7) is 0.389. The molecule has 0 aromatic carbocycles. The van der Waals surface area contributed by atoms with Gasteiger partial charge in [0.05, 0.1) is 23.6 Å². The van der Waals surface area contributed by atoms with E-state index >= 15 is 0 Å². The zero-order valence-corrected chi connectivity index (χ0v) is 9.88. The lowest BCUT2D eigenvalue weighted by Crippen LogP contribution is -2.49. The van der Waals surface area contributed by atoms with Gasteiger partial charge in [0, 0.05) is 31.6 Å². The molecule has 3 amide bonds. The number of aromatic nitrogens is 2. The van der Waals surface area contributed by atoms with Crippen LogP contribution in [0.3, 0.4) is 0 Å². The van der Waals surface area contributed by atoms with Crippen molar-refractivity contribution in [3.05, 3.63) is 24.7 Å². The first kappa shape index (κ1) is 10.8. The lowest BCUT2D eigenvalue weighted by atomic mass is 10.2. The molecule has 2 aromatic heterocycles. The number of amides is 3. The molecule has 92 valence electrons. The molecule has 1 saturated heterocycles. The standard InChI is InChI=1S/C12H12N4O2/c1-15-4-2-8-9(15)6-13-7-10(8)16-5-3-11(17)14-12(16)18/h2,4,6-7H,3,5H2,1H3,(H,14,17,18). The average Bonchev–Trinajstić information content (AvgIpc) is 2.72. The molecule has 6 heteroatoms. The van der Waals surface area contributed by atoms with E-state index in [-0.39, 0.29) is 11.9 Å². The fourth-order valence-electron chi connectivity index (χ4n) is 2.18. The van der Waals surface area contributed by atoms with Crippen molar-refractivity contribution in [2.75, 3.05) is 11.4 Å². The number of urea groups is 1. The molecular weight excluding hydrogens is 232 g/mol. The second-order valence-electron chi connectivity index (χ2n) is 4.27. The molecule has 0 atom stereocenters. The van der Waals surface area contributed by atoms with Gasteiger partial charge in [0.25, 0.3) is 0 Å². The Kier molecular flexibility index (Phi) is 2.29. The molecule has 0 bridgehead atoms. The van der Waals surface area contributed by atoms with Crippen LogP contribution in [0.1, 0.15) is 6.42 Å². The van der Waals surface area contributed by atoms with Crippen LogP contribution in [-0.4, -0.2) is 28.0 Å². The van der Waals surface area contributed by atoms with Crippen LogP contribution < -0.4 is 10.2 Å². The van der Waals surface area contributed by atoms with Gasteiger partial charge in [-0.05, 0) is 6.07 Å². The third-order valence-corrected chi connectivity index (χ3v) is 3.14. The van der Waals surface area contributed by atoms with Crippen molar-refractivity contribution in [1.29, 1.82) is 0 Å². The van der Waals surface area contributed by atoms with E-state index in [0.717, 1.165) is 16.6 Å². The van der Waals surface area contributed by atoms with Gasteiger partial charge in [-0.15, -0.1) is 0 Å². The number of nitrogens with zero attached hydrogens (tertiary/aromatic N) is 3. The molecule has 0 radical (unpaired) electrons. The minimum Gasteiger partial charge on any atom is -0.349 e. The van der Waals surface area contributed by atoms with E-state index < -0.39 is 0 Å². The van der Waals surface area contributed by atoms with Crippen LogP contribution in [0, 0.1) is 0 Å². The quantitative estimate of drug-likeness (QED) is 0.814. The first-order valence-electron chi connectivity index (χ1n) is 5.67. The molecule has 0 saturated carbocycles. The molecule has 3 rings (SSSR count). The molecule has 1 fully saturated rings. The molecule has 6 nitrogen and oxygen atoms in total. The molecule has 1 aliphatic heterocycles. The number of carbonyl (C=O) groups is 2. The second kappa shape index (κ2) is 3.83. The first-order valence-corrected chi connectivity index (χ1v) is 5.67. The van der Waals surface area contributed by atoms with Gasteiger partial charge in [0.2, 0.25) is 5.91 Å². The minimum atomic E-state index is -0.385. The Hall–Kier alpha value is -2.37. The van der Waals surface area contributed by atoms with Gasteiger partial charge < -0.3 is 4.57 Å². The second-order valence-corrected chi connectivity index (χ2v) is 4.27. The summed E-state index contributed by atoms with van der Waals surface area (Å²) >= 11 is 0. The Bertz CT molecular complexity index is 647. The van der Waals surface area contributed by atoms with Crippen LogP contribution in [0.2, 0.25) is 0 Å². The van der Waals surface area contributed by atoms with E-state index in [0.29, 0.717) is 13.0 Å². The molecule has 1 N–H and O–H groups in total. The van der Waals surface area contributed by atoms with Crippen molar-refractivity contribution in [2.24, 2.45) is 7.05 Å². The highest BCUT2D eigenvalue weighted by Gasteiger charge is 2.25. The summed E-state index contributed by atoms with van der Waals surface area (Å²) < 4.78 is 1.94. The number of aryl methyl sites for hydroxylation is 1. The van der Waals surface area contributed by atoms with Gasteiger partial charge in [-0.1, -0.05) is 0 Å². The number of anilines is 1. The Morgan fingerprint density at radius 3 is 2.94 bits per heavy atom. The molecule has 18 heavy (non-hydrogen) atoms. The normalized spacial score (nSPS) is 16.2. The zero-order valence-electron chi connectivity index (χ0n) is 9.88. The van der Waals surface area contributed by atoms with Gasteiger partial charge in [0.15, 0.2) is 0 Å². The fraction of sp³-hybridized carbons (Fsp3) is 0.250. The van der Waals surface area contributed by atoms with Crippen LogP contribution >= 0.6 is 0 Å². The van der Waals surface area contributed by atoms with Crippen LogP contribution in [0.15, 0.2) is 24.7 Å². The maximum atomic E-state index is 11.8. The summed E-state index contributed by atoms with van der Waals surface area (Å²) in [5, 5.41) is 3.27. The Morgan fingerprint density at radius 1 is 1.33 bits per heavy atom. The smallest absolute Gasteiger partial charge is 0.328 e. The van der Waals surface area contributed by atoms with Gasteiger partial charge in [-0.25, -0.2) is 4.79 Å². The minimum absolute atomic E-state index is 0.232. The molecule has 1 aliphatic rings. The summed E-state index contributed by atoms with van der Waals surface area (Å²) in [4.78, 5) is 28.7. The first-order chi connectivity index (χ1) is 8.66. The van der Waals surface area contributed by atoms with Gasteiger partial charge in [-0.3, -0.25) is 20.0 Å². The largest absolute Gasteiger partial charge is 0.349 e.